The van der Waals surface area contributed by atoms with Crippen molar-refractivity contribution in [3.63, 3.8) is 0 Å². The zero-order valence-corrected chi connectivity index (χ0v) is 17.3. The summed E-state index contributed by atoms with van der Waals surface area (Å²) in [6.45, 7) is 8.33. The predicted octanol–water partition coefficient (Wildman–Crippen LogP) is 4.26. The van der Waals surface area contributed by atoms with E-state index in [1.54, 1.807) is 0 Å². The van der Waals surface area contributed by atoms with Crippen molar-refractivity contribution in [3.05, 3.63) is 58.6 Å². The number of amides is 2. The zero-order chi connectivity index (χ0) is 19.9. The van der Waals surface area contributed by atoms with Crippen molar-refractivity contribution in [2.75, 3.05) is 44.2 Å². The third kappa shape index (κ3) is 5.32. The Kier molecular flexibility index (Phi) is 7.04. The Morgan fingerprint density at radius 3 is 2.43 bits per heavy atom. The molecule has 6 heteroatoms. The number of ether oxygens (including phenoxy) is 1. The molecule has 0 aromatic heterocycles. The van der Waals surface area contributed by atoms with Gasteiger partial charge in [0.2, 0.25) is 0 Å². The molecule has 0 radical (unpaired) electrons. The standard InChI is InChI=1S/C22H28ClN3O2/c1-17-6-3-7-18(2)21(17)28-15-5-10-24-22(27)26-13-11-25(12-14-26)20-9-4-8-19(23)16-20/h3-4,6-9,16H,5,10-15H2,1-2H3,(H,24,27). The first-order valence-corrected chi connectivity index (χ1v) is 10.1. The molecule has 1 N–H and O–H groups in total. The molecule has 1 fully saturated rings. The first-order valence-electron chi connectivity index (χ1n) is 9.77. The average Bonchev–Trinajstić information content (AvgIpc) is 2.69. The summed E-state index contributed by atoms with van der Waals surface area (Å²) in [5.74, 6) is 0.950. The second-order valence-electron chi connectivity index (χ2n) is 7.11. The highest BCUT2D eigenvalue weighted by Gasteiger charge is 2.21. The molecule has 1 aliphatic heterocycles. The van der Waals surface area contributed by atoms with Gasteiger partial charge in [-0.15, -0.1) is 0 Å². The number of carbonyl (C=O) groups excluding carboxylic acids is 1. The normalized spacial score (nSPS) is 14.1. The van der Waals surface area contributed by atoms with E-state index in [0.29, 0.717) is 26.2 Å². The van der Waals surface area contributed by atoms with Gasteiger partial charge in [-0.05, 0) is 49.6 Å². The van der Waals surface area contributed by atoms with Gasteiger partial charge in [-0.3, -0.25) is 0 Å². The van der Waals surface area contributed by atoms with E-state index in [4.69, 9.17) is 16.3 Å². The lowest BCUT2D eigenvalue weighted by Gasteiger charge is -2.36. The van der Waals surface area contributed by atoms with Gasteiger partial charge in [-0.2, -0.15) is 0 Å². The van der Waals surface area contributed by atoms with E-state index in [0.717, 1.165) is 47.1 Å². The molecule has 0 aliphatic carbocycles. The quantitative estimate of drug-likeness (QED) is 0.735. The molecule has 0 spiro atoms. The minimum absolute atomic E-state index is 0.00202. The van der Waals surface area contributed by atoms with Crippen molar-refractivity contribution in [1.29, 1.82) is 0 Å². The van der Waals surface area contributed by atoms with Crippen LogP contribution >= 0.6 is 11.6 Å². The number of hydrogen-bond acceptors (Lipinski definition) is 3. The second-order valence-corrected chi connectivity index (χ2v) is 7.55. The maximum Gasteiger partial charge on any atom is 0.317 e. The van der Waals surface area contributed by atoms with Gasteiger partial charge in [0.25, 0.3) is 0 Å². The van der Waals surface area contributed by atoms with E-state index >= 15 is 0 Å². The molecule has 2 amide bonds. The highest BCUT2D eigenvalue weighted by molar-refractivity contribution is 6.30. The van der Waals surface area contributed by atoms with Crippen LogP contribution in [0.25, 0.3) is 0 Å². The van der Waals surface area contributed by atoms with Crippen LogP contribution in [-0.2, 0) is 0 Å². The molecule has 5 nitrogen and oxygen atoms in total. The summed E-state index contributed by atoms with van der Waals surface area (Å²) in [5, 5.41) is 3.74. The first kappa shape index (κ1) is 20.3. The number of rotatable bonds is 6. The highest BCUT2D eigenvalue weighted by Crippen LogP contribution is 2.22. The predicted molar refractivity (Wildman–Crippen MR) is 115 cm³/mol. The molecule has 0 saturated carbocycles. The molecule has 0 bridgehead atoms. The minimum atomic E-state index is -0.00202. The molecule has 28 heavy (non-hydrogen) atoms. The molecule has 2 aromatic carbocycles. The maximum absolute atomic E-state index is 12.4. The molecule has 3 rings (SSSR count). The Hall–Kier alpha value is -2.40. The number of hydrogen-bond donors (Lipinski definition) is 1. The summed E-state index contributed by atoms with van der Waals surface area (Å²) in [6.07, 6.45) is 0.780. The lowest BCUT2D eigenvalue weighted by Crippen LogP contribution is -2.52. The lowest BCUT2D eigenvalue weighted by atomic mass is 10.1. The van der Waals surface area contributed by atoms with Crippen molar-refractivity contribution < 1.29 is 9.53 Å². The van der Waals surface area contributed by atoms with Gasteiger partial charge >= 0.3 is 6.03 Å². The summed E-state index contributed by atoms with van der Waals surface area (Å²) in [7, 11) is 0. The number of urea groups is 1. The smallest absolute Gasteiger partial charge is 0.317 e. The lowest BCUT2D eigenvalue weighted by molar-refractivity contribution is 0.193. The summed E-state index contributed by atoms with van der Waals surface area (Å²) >= 11 is 6.07. The molecule has 0 unspecified atom stereocenters. The highest BCUT2D eigenvalue weighted by atomic mass is 35.5. The Labute approximate surface area is 172 Å². The number of halogens is 1. The van der Waals surface area contributed by atoms with Crippen LogP contribution in [0.3, 0.4) is 0 Å². The number of carbonyl (C=O) groups is 1. The molecule has 1 aliphatic rings. The van der Waals surface area contributed by atoms with Crippen molar-refractivity contribution >= 4 is 23.3 Å². The minimum Gasteiger partial charge on any atom is -0.493 e. The van der Waals surface area contributed by atoms with Crippen LogP contribution in [-0.4, -0.2) is 50.3 Å². The topological polar surface area (TPSA) is 44.8 Å². The molecule has 1 saturated heterocycles. The number of anilines is 1. The Bertz CT molecular complexity index is 784. The Balaban J connectivity index is 1.36. The fraction of sp³-hybridized carbons (Fsp3) is 0.409. The molecular weight excluding hydrogens is 374 g/mol. The van der Waals surface area contributed by atoms with Crippen molar-refractivity contribution in [1.82, 2.24) is 10.2 Å². The number of nitrogens with zero attached hydrogens (tertiary/aromatic N) is 2. The second kappa shape index (κ2) is 9.69. The van der Waals surface area contributed by atoms with E-state index in [1.165, 1.54) is 0 Å². The van der Waals surface area contributed by atoms with E-state index in [9.17, 15) is 4.79 Å². The molecule has 0 atom stereocenters. The van der Waals surface area contributed by atoms with E-state index < -0.39 is 0 Å². The van der Waals surface area contributed by atoms with Gasteiger partial charge in [0, 0.05) is 43.4 Å². The summed E-state index contributed by atoms with van der Waals surface area (Å²) in [5.41, 5.74) is 3.39. The fourth-order valence-corrected chi connectivity index (χ4v) is 3.61. The van der Waals surface area contributed by atoms with Gasteiger partial charge < -0.3 is 19.9 Å². The van der Waals surface area contributed by atoms with Gasteiger partial charge in [0.1, 0.15) is 5.75 Å². The van der Waals surface area contributed by atoms with E-state index in [1.807, 2.05) is 55.1 Å². The number of piperazine rings is 1. The van der Waals surface area contributed by atoms with Gasteiger partial charge in [0.05, 0.1) is 6.61 Å². The van der Waals surface area contributed by atoms with Gasteiger partial charge in [-0.1, -0.05) is 35.9 Å². The van der Waals surface area contributed by atoms with Crippen molar-refractivity contribution in [3.8, 4) is 5.75 Å². The van der Waals surface area contributed by atoms with Gasteiger partial charge in [-0.25, -0.2) is 4.79 Å². The zero-order valence-electron chi connectivity index (χ0n) is 16.6. The van der Waals surface area contributed by atoms with Crippen molar-refractivity contribution in [2.24, 2.45) is 0 Å². The SMILES string of the molecule is Cc1cccc(C)c1OCCCNC(=O)N1CCN(c2cccc(Cl)c2)CC1. The third-order valence-electron chi connectivity index (χ3n) is 4.99. The number of nitrogens with one attached hydrogen (secondary N) is 1. The van der Waals surface area contributed by atoms with Crippen LogP contribution in [0.4, 0.5) is 10.5 Å². The van der Waals surface area contributed by atoms with Crippen LogP contribution in [0.15, 0.2) is 42.5 Å². The first-order chi connectivity index (χ1) is 13.5. The van der Waals surface area contributed by atoms with E-state index in [-0.39, 0.29) is 6.03 Å². The Morgan fingerprint density at radius 1 is 1.07 bits per heavy atom. The summed E-state index contributed by atoms with van der Waals surface area (Å²) in [6, 6.07) is 14.0. The van der Waals surface area contributed by atoms with E-state index in [2.05, 4.69) is 16.3 Å². The number of aryl methyl sites for hydroxylation is 2. The molecule has 2 aromatic rings. The van der Waals surface area contributed by atoms with Crippen LogP contribution in [0.2, 0.25) is 5.02 Å². The van der Waals surface area contributed by atoms with Gasteiger partial charge in [0.15, 0.2) is 0 Å². The van der Waals surface area contributed by atoms with Crippen LogP contribution in [0.5, 0.6) is 5.75 Å². The molecular formula is C22H28ClN3O2. The maximum atomic E-state index is 12.4. The monoisotopic (exact) mass is 401 g/mol. The number of benzene rings is 2. The fourth-order valence-electron chi connectivity index (χ4n) is 3.42. The molecule has 150 valence electrons. The third-order valence-corrected chi connectivity index (χ3v) is 5.23. The van der Waals surface area contributed by atoms with Crippen LogP contribution in [0.1, 0.15) is 17.5 Å². The van der Waals surface area contributed by atoms with Crippen LogP contribution in [0, 0.1) is 13.8 Å². The largest absolute Gasteiger partial charge is 0.493 e. The van der Waals surface area contributed by atoms with Crippen molar-refractivity contribution in [2.45, 2.75) is 20.3 Å². The Morgan fingerprint density at radius 2 is 1.75 bits per heavy atom. The average molecular weight is 402 g/mol. The summed E-state index contributed by atoms with van der Waals surface area (Å²) in [4.78, 5) is 16.5. The molecule has 1 heterocycles. The number of para-hydroxylation sites is 1. The van der Waals surface area contributed by atoms with Crippen LogP contribution < -0.4 is 15.0 Å². The summed E-state index contributed by atoms with van der Waals surface area (Å²) < 4.78 is 5.89.